The average Bonchev–Trinajstić information content (AvgIpc) is 3.43. The third-order valence-corrected chi connectivity index (χ3v) is 8.23. The maximum absolute atomic E-state index is 12.7. The topological polar surface area (TPSA) is 75.2 Å². The summed E-state index contributed by atoms with van der Waals surface area (Å²) < 4.78 is 31.8. The summed E-state index contributed by atoms with van der Waals surface area (Å²) in [6.45, 7) is 1.09. The second-order valence-corrected chi connectivity index (χ2v) is 10.4. The molecule has 1 fully saturated rings. The second-order valence-electron chi connectivity index (χ2n) is 7.93. The van der Waals surface area contributed by atoms with Crippen molar-refractivity contribution < 1.29 is 8.42 Å². The number of anilines is 1. The summed E-state index contributed by atoms with van der Waals surface area (Å²) in [4.78, 5) is 6.84. The van der Waals surface area contributed by atoms with Gasteiger partial charge in [-0.2, -0.15) is 4.37 Å². The van der Waals surface area contributed by atoms with Gasteiger partial charge in [0.15, 0.2) is 0 Å². The van der Waals surface area contributed by atoms with E-state index in [1.54, 1.807) is 6.07 Å². The molecule has 0 amide bonds. The molecule has 6 nitrogen and oxygen atoms in total. The number of benzene rings is 2. The van der Waals surface area contributed by atoms with Crippen LogP contribution in [0.15, 0.2) is 59.8 Å². The zero-order valence-corrected chi connectivity index (χ0v) is 18.2. The number of rotatable bonds is 5. The van der Waals surface area contributed by atoms with Gasteiger partial charge in [0.2, 0.25) is 5.13 Å². The number of fused-ring (bicyclic) bond motifs is 1. The Hall–Kier alpha value is -2.29. The molecule has 2 unspecified atom stereocenters. The van der Waals surface area contributed by atoms with Crippen molar-refractivity contribution in [3.63, 3.8) is 0 Å². The van der Waals surface area contributed by atoms with Crippen LogP contribution < -0.4 is 4.72 Å². The Bertz CT molecular complexity index is 1120. The van der Waals surface area contributed by atoms with E-state index in [1.807, 2.05) is 12.1 Å². The van der Waals surface area contributed by atoms with E-state index in [9.17, 15) is 8.42 Å². The number of aryl methyl sites for hydroxylation is 1. The van der Waals surface area contributed by atoms with Gasteiger partial charge in [-0.3, -0.25) is 9.62 Å². The van der Waals surface area contributed by atoms with E-state index in [-0.39, 0.29) is 10.0 Å². The van der Waals surface area contributed by atoms with Crippen molar-refractivity contribution in [3.05, 3.63) is 71.5 Å². The molecule has 1 aliphatic carbocycles. The molecule has 2 aliphatic rings. The van der Waals surface area contributed by atoms with Gasteiger partial charge in [0.1, 0.15) is 6.33 Å². The van der Waals surface area contributed by atoms with Gasteiger partial charge >= 0.3 is 0 Å². The summed E-state index contributed by atoms with van der Waals surface area (Å²) >= 11 is 1.03. The zero-order valence-electron chi connectivity index (χ0n) is 16.6. The van der Waals surface area contributed by atoms with E-state index in [0.29, 0.717) is 12.1 Å². The Morgan fingerprint density at radius 3 is 2.70 bits per heavy atom. The van der Waals surface area contributed by atoms with Gasteiger partial charge in [-0.25, -0.2) is 13.4 Å². The lowest BCUT2D eigenvalue weighted by atomic mass is 9.92. The molecule has 2 atom stereocenters. The molecular weight excluding hydrogens is 416 g/mol. The third kappa shape index (κ3) is 3.75. The van der Waals surface area contributed by atoms with Gasteiger partial charge in [0.05, 0.1) is 4.90 Å². The predicted octanol–water partition coefficient (Wildman–Crippen LogP) is 4.55. The molecular formula is C22H24N4O2S2. The number of nitrogens with zero attached hydrogens (tertiary/aromatic N) is 3. The van der Waals surface area contributed by atoms with Crippen molar-refractivity contribution >= 4 is 26.7 Å². The van der Waals surface area contributed by atoms with E-state index in [4.69, 9.17) is 0 Å². The Labute approximate surface area is 181 Å². The molecule has 1 N–H and O–H groups in total. The van der Waals surface area contributed by atoms with Crippen molar-refractivity contribution in [3.8, 4) is 0 Å². The molecule has 0 spiro atoms. The quantitative estimate of drug-likeness (QED) is 0.630. The standard InChI is InChI=1S/C22H24N4O2S2/c27-30(28,25-22-23-15-24-29-22)18-10-11-19-17(14-18)9-12-21(19)26-13-5-4-8-20(26)16-6-2-1-3-7-16/h1-3,6-7,10-11,14-15,20-21H,4-5,8-9,12-13H2,(H,23,24,25). The number of sulfonamides is 1. The van der Waals surface area contributed by atoms with Gasteiger partial charge in [0, 0.05) is 23.6 Å². The van der Waals surface area contributed by atoms with Crippen LogP contribution in [-0.2, 0) is 16.4 Å². The third-order valence-electron chi connectivity index (χ3n) is 6.18. The molecule has 2 aromatic carbocycles. The monoisotopic (exact) mass is 440 g/mol. The van der Waals surface area contributed by atoms with Crippen LogP contribution in [0.25, 0.3) is 0 Å². The minimum Gasteiger partial charge on any atom is -0.289 e. The minimum absolute atomic E-state index is 0.285. The fraction of sp³-hybridized carbons (Fsp3) is 0.364. The SMILES string of the molecule is O=S(=O)(Nc1ncns1)c1ccc2c(c1)CCC2N1CCCCC1c1ccccc1. The smallest absolute Gasteiger partial charge is 0.263 e. The van der Waals surface area contributed by atoms with Crippen LogP contribution >= 0.6 is 11.5 Å². The predicted molar refractivity (Wildman–Crippen MR) is 118 cm³/mol. The van der Waals surface area contributed by atoms with Gasteiger partial charge in [-0.05, 0) is 61.1 Å². The van der Waals surface area contributed by atoms with E-state index >= 15 is 0 Å². The summed E-state index contributed by atoms with van der Waals surface area (Å²) in [6.07, 6.45) is 6.93. The Kier molecular flexibility index (Phi) is 5.30. The van der Waals surface area contributed by atoms with Gasteiger partial charge < -0.3 is 0 Å². The first-order valence-corrected chi connectivity index (χ1v) is 12.6. The van der Waals surface area contributed by atoms with Crippen LogP contribution in [0.3, 0.4) is 0 Å². The molecule has 1 aromatic heterocycles. The summed E-state index contributed by atoms with van der Waals surface area (Å²) in [5.74, 6) is 0. The number of hydrogen-bond donors (Lipinski definition) is 1. The molecule has 1 saturated heterocycles. The highest BCUT2D eigenvalue weighted by molar-refractivity contribution is 7.93. The first kappa shape index (κ1) is 19.7. The molecule has 0 saturated carbocycles. The first-order valence-electron chi connectivity index (χ1n) is 10.3. The number of nitrogens with one attached hydrogen (secondary N) is 1. The molecule has 1 aliphatic heterocycles. The van der Waals surface area contributed by atoms with Crippen LogP contribution in [0.4, 0.5) is 5.13 Å². The van der Waals surface area contributed by atoms with Crippen LogP contribution in [0.1, 0.15) is 54.5 Å². The number of aromatic nitrogens is 2. The number of hydrogen-bond acceptors (Lipinski definition) is 6. The highest BCUT2D eigenvalue weighted by Crippen LogP contribution is 2.44. The normalized spacial score (nSPS) is 22.0. The van der Waals surface area contributed by atoms with Crippen molar-refractivity contribution in [2.24, 2.45) is 0 Å². The number of piperidine rings is 1. The van der Waals surface area contributed by atoms with Gasteiger partial charge in [-0.1, -0.05) is 42.8 Å². The summed E-state index contributed by atoms with van der Waals surface area (Å²) in [5.41, 5.74) is 3.79. The maximum atomic E-state index is 12.7. The summed E-state index contributed by atoms with van der Waals surface area (Å²) in [7, 11) is -3.66. The highest BCUT2D eigenvalue weighted by atomic mass is 32.2. The fourth-order valence-corrected chi connectivity index (χ4v) is 6.55. The van der Waals surface area contributed by atoms with Crippen molar-refractivity contribution in [1.29, 1.82) is 0 Å². The summed E-state index contributed by atoms with van der Waals surface area (Å²) in [5, 5.41) is 0.285. The lowest BCUT2D eigenvalue weighted by Gasteiger charge is -2.40. The van der Waals surface area contributed by atoms with Gasteiger partial charge in [-0.15, -0.1) is 0 Å². The molecule has 3 aromatic rings. The van der Waals surface area contributed by atoms with E-state index in [2.05, 4.69) is 49.3 Å². The van der Waals surface area contributed by atoms with E-state index in [1.165, 1.54) is 36.7 Å². The molecule has 2 heterocycles. The second kappa shape index (κ2) is 8.09. The Morgan fingerprint density at radius 2 is 1.90 bits per heavy atom. The van der Waals surface area contributed by atoms with Crippen LogP contribution in [-0.4, -0.2) is 29.2 Å². The highest BCUT2D eigenvalue weighted by Gasteiger charge is 2.35. The lowest BCUT2D eigenvalue weighted by Crippen LogP contribution is -2.35. The van der Waals surface area contributed by atoms with Crippen LogP contribution in [0, 0.1) is 0 Å². The molecule has 30 heavy (non-hydrogen) atoms. The largest absolute Gasteiger partial charge is 0.289 e. The molecule has 0 radical (unpaired) electrons. The van der Waals surface area contributed by atoms with Crippen molar-refractivity contribution in [2.75, 3.05) is 11.3 Å². The molecule has 5 rings (SSSR count). The molecule has 156 valence electrons. The summed E-state index contributed by atoms with van der Waals surface area (Å²) in [6, 6.07) is 17.1. The molecule has 8 heteroatoms. The first-order chi connectivity index (χ1) is 14.6. The van der Waals surface area contributed by atoms with Crippen molar-refractivity contribution in [2.45, 2.75) is 49.1 Å². The zero-order chi connectivity index (χ0) is 20.6. The van der Waals surface area contributed by atoms with Crippen LogP contribution in [0.5, 0.6) is 0 Å². The number of likely N-dealkylation sites (tertiary alicyclic amines) is 1. The maximum Gasteiger partial charge on any atom is 0.263 e. The van der Waals surface area contributed by atoms with Crippen molar-refractivity contribution in [1.82, 2.24) is 14.3 Å². The average molecular weight is 441 g/mol. The lowest BCUT2D eigenvalue weighted by molar-refractivity contribution is 0.0942. The van der Waals surface area contributed by atoms with Gasteiger partial charge in [0.25, 0.3) is 10.0 Å². The Balaban J connectivity index is 1.42. The van der Waals surface area contributed by atoms with E-state index in [0.717, 1.165) is 36.5 Å². The van der Waals surface area contributed by atoms with Crippen LogP contribution in [0.2, 0.25) is 0 Å². The van der Waals surface area contributed by atoms with E-state index < -0.39 is 10.0 Å². The minimum atomic E-state index is -3.66. The Morgan fingerprint density at radius 1 is 1.03 bits per heavy atom. The fourth-order valence-electron chi connectivity index (χ4n) is 4.84. The molecule has 0 bridgehead atoms.